The third-order valence-corrected chi connectivity index (χ3v) is 6.15. The van der Waals surface area contributed by atoms with Crippen molar-refractivity contribution in [1.82, 2.24) is 5.01 Å². The van der Waals surface area contributed by atoms with Crippen molar-refractivity contribution in [3.63, 3.8) is 0 Å². The molecule has 3 aliphatic heterocycles. The van der Waals surface area contributed by atoms with Crippen molar-refractivity contribution >= 4 is 29.7 Å². The molecule has 31 heavy (non-hydrogen) atoms. The number of rotatable bonds is 4. The SMILES string of the molecule is CCOC(=O)C1C2C(=O)N(c3ccc(OC)cc3)C(=O)C2C2c3ccccc3C=NN12. The molecule has 3 heterocycles. The number of imide groups is 1. The fraction of sp³-hybridized carbons (Fsp3) is 0.304. The largest absolute Gasteiger partial charge is 0.497 e. The summed E-state index contributed by atoms with van der Waals surface area (Å²) in [6, 6.07) is 12.8. The number of hydrogen-bond acceptors (Lipinski definition) is 7. The zero-order valence-corrected chi connectivity index (χ0v) is 17.1. The number of anilines is 1. The fourth-order valence-corrected chi connectivity index (χ4v) is 4.85. The summed E-state index contributed by atoms with van der Waals surface area (Å²) in [6.07, 6.45) is 1.66. The lowest BCUT2D eigenvalue weighted by Crippen LogP contribution is -2.45. The number of methoxy groups -OCH3 is 1. The fourth-order valence-electron chi connectivity index (χ4n) is 4.85. The van der Waals surface area contributed by atoms with Crippen molar-refractivity contribution in [2.24, 2.45) is 16.9 Å². The minimum absolute atomic E-state index is 0.176. The second-order valence-electron chi connectivity index (χ2n) is 7.66. The van der Waals surface area contributed by atoms with Crippen LogP contribution in [-0.4, -0.2) is 48.8 Å². The van der Waals surface area contributed by atoms with Gasteiger partial charge in [-0.25, -0.2) is 9.69 Å². The predicted molar refractivity (Wildman–Crippen MR) is 112 cm³/mol. The Bertz CT molecular complexity index is 1100. The van der Waals surface area contributed by atoms with Gasteiger partial charge in [-0.05, 0) is 42.3 Å². The van der Waals surface area contributed by atoms with Gasteiger partial charge < -0.3 is 9.47 Å². The van der Waals surface area contributed by atoms with Gasteiger partial charge in [0.25, 0.3) is 0 Å². The van der Waals surface area contributed by atoms with E-state index in [0.29, 0.717) is 11.4 Å². The summed E-state index contributed by atoms with van der Waals surface area (Å²) >= 11 is 0. The van der Waals surface area contributed by atoms with E-state index in [1.807, 2.05) is 24.3 Å². The standard InChI is InChI=1S/C23H21N3O5/c1-3-31-23(29)20-18-17(19-16-7-5-4-6-13(16)12-24-26(19)20)21(27)25(22(18)28)14-8-10-15(30-2)11-9-14/h4-12,17-20H,3H2,1-2H3. The summed E-state index contributed by atoms with van der Waals surface area (Å²) in [5, 5.41) is 6.04. The average molecular weight is 419 g/mol. The summed E-state index contributed by atoms with van der Waals surface area (Å²) in [5.41, 5.74) is 2.19. The Morgan fingerprint density at radius 1 is 1.03 bits per heavy atom. The first-order valence-corrected chi connectivity index (χ1v) is 10.2. The van der Waals surface area contributed by atoms with Crippen LogP contribution in [-0.2, 0) is 19.1 Å². The quantitative estimate of drug-likeness (QED) is 0.557. The summed E-state index contributed by atoms with van der Waals surface area (Å²) in [5.74, 6) is -2.29. The van der Waals surface area contributed by atoms with Gasteiger partial charge in [-0.1, -0.05) is 24.3 Å². The smallest absolute Gasteiger partial charge is 0.331 e. The number of fused-ring (bicyclic) bond motifs is 5. The first-order valence-electron chi connectivity index (χ1n) is 10.2. The maximum atomic E-state index is 13.6. The number of benzene rings is 2. The number of ether oxygens (including phenoxy) is 2. The van der Waals surface area contributed by atoms with Crippen molar-refractivity contribution < 1.29 is 23.9 Å². The number of amides is 2. The highest BCUT2D eigenvalue weighted by Crippen LogP contribution is 2.52. The Balaban J connectivity index is 1.61. The first-order chi connectivity index (χ1) is 15.1. The summed E-state index contributed by atoms with van der Waals surface area (Å²) in [7, 11) is 1.55. The molecule has 0 aromatic heterocycles. The molecule has 0 aliphatic carbocycles. The van der Waals surface area contributed by atoms with Gasteiger partial charge in [-0.15, -0.1) is 0 Å². The number of carbonyl (C=O) groups excluding carboxylic acids is 3. The maximum Gasteiger partial charge on any atom is 0.331 e. The van der Waals surface area contributed by atoms with Crippen molar-refractivity contribution in [3.8, 4) is 5.75 Å². The zero-order chi connectivity index (χ0) is 21.7. The lowest BCUT2D eigenvalue weighted by Gasteiger charge is -2.33. The number of hydrazone groups is 1. The lowest BCUT2D eigenvalue weighted by molar-refractivity contribution is -0.152. The van der Waals surface area contributed by atoms with Gasteiger partial charge in [0.2, 0.25) is 11.8 Å². The van der Waals surface area contributed by atoms with Crippen LogP contribution >= 0.6 is 0 Å². The minimum atomic E-state index is -0.959. The van der Waals surface area contributed by atoms with Crippen LogP contribution in [0.3, 0.4) is 0 Å². The molecule has 4 unspecified atom stereocenters. The van der Waals surface area contributed by atoms with Crippen LogP contribution in [0, 0.1) is 11.8 Å². The summed E-state index contributed by atoms with van der Waals surface area (Å²) < 4.78 is 10.4. The van der Waals surface area contributed by atoms with E-state index in [4.69, 9.17) is 9.47 Å². The molecule has 5 rings (SSSR count). The van der Waals surface area contributed by atoms with Crippen LogP contribution in [0.25, 0.3) is 0 Å². The van der Waals surface area contributed by atoms with E-state index in [1.165, 1.54) is 4.90 Å². The Kier molecular flexibility index (Phi) is 4.50. The van der Waals surface area contributed by atoms with E-state index in [-0.39, 0.29) is 12.5 Å². The van der Waals surface area contributed by atoms with E-state index in [0.717, 1.165) is 11.1 Å². The molecule has 2 amide bonds. The normalized spacial score (nSPS) is 25.9. The van der Waals surface area contributed by atoms with E-state index >= 15 is 0 Å². The van der Waals surface area contributed by atoms with Gasteiger partial charge in [-0.2, -0.15) is 5.10 Å². The summed E-state index contributed by atoms with van der Waals surface area (Å²) in [4.78, 5) is 41.2. The second kappa shape index (κ2) is 7.23. The predicted octanol–water partition coefficient (Wildman–Crippen LogP) is 2.14. The van der Waals surface area contributed by atoms with E-state index in [9.17, 15) is 14.4 Å². The third-order valence-electron chi connectivity index (χ3n) is 6.15. The van der Waals surface area contributed by atoms with Crippen LogP contribution in [0.1, 0.15) is 24.1 Å². The minimum Gasteiger partial charge on any atom is -0.497 e. The number of esters is 1. The highest BCUT2D eigenvalue weighted by atomic mass is 16.5. The van der Waals surface area contributed by atoms with E-state index < -0.39 is 35.8 Å². The van der Waals surface area contributed by atoms with Crippen LogP contribution in [0.5, 0.6) is 5.75 Å². The molecular formula is C23H21N3O5. The van der Waals surface area contributed by atoms with E-state index in [1.54, 1.807) is 49.5 Å². The number of nitrogens with zero attached hydrogens (tertiary/aromatic N) is 3. The van der Waals surface area contributed by atoms with Crippen molar-refractivity contribution in [3.05, 3.63) is 59.7 Å². The Morgan fingerprint density at radius 2 is 1.74 bits per heavy atom. The molecule has 0 bridgehead atoms. The molecule has 0 saturated carbocycles. The molecule has 2 saturated heterocycles. The molecule has 2 aromatic rings. The van der Waals surface area contributed by atoms with Gasteiger partial charge in [0.15, 0.2) is 6.04 Å². The van der Waals surface area contributed by atoms with E-state index in [2.05, 4.69) is 5.10 Å². The molecule has 2 fully saturated rings. The monoisotopic (exact) mass is 419 g/mol. The molecule has 4 atom stereocenters. The molecule has 0 N–H and O–H groups in total. The molecule has 0 radical (unpaired) electrons. The molecule has 3 aliphatic rings. The average Bonchev–Trinajstić information content (AvgIpc) is 3.27. The first kappa shape index (κ1) is 19.3. The highest BCUT2D eigenvalue weighted by Gasteiger charge is 2.66. The van der Waals surface area contributed by atoms with Crippen LogP contribution in [0.15, 0.2) is 53.6 Å². The number of carbonyl (C=O) groups is 3. The summed E-state index contributed by atoms with van der Waals surface area (Å²) in [6.45, 7) is 1.89. The zero-order valence-electron chi connectivity index (χ0n) is 17.1. The van der Waals surface area contributed by atoms with Crippen LogP contribution in [0.2, 0.25) is 0 Å². The van der Waals surface area contributed by atoms with Gasteiger partial charge in [0, 0.05) is 0 Å². The van der Waals surface area contributed by atoms with Gasteiger partial charge in [0.1, 0.15) is 5.75 Å². The van der Waals surface area contributed by atoms with Crippen LogP contribution in [0.4, 0.5) is 5.69 Å². The molecule has 8 nitrogen and oxygen atoms in total. The Labute approximate surface area is 179 Å². The van der Waals surface area contributed by atoms with Crippen molar-refractivity contribution in [1.29, 1.82) is 0 Å². The molecule has 2 aromatic carbocycles. The van der Waals surface area contributed by atoms with Gasteiger partial charge >= 0.3 is 5.97 Å². The topological polar surface area (TPSA) is 88.5 Å². The number of hydrogen-bond donors (Lipinski definition) is 0. The molecule has 158 valence electrons. The van der Waals surface area contributed by atoms with Gasteiger partial charge in [0.05, 0.1) is 43.5 Å². The van der Waals surface area contributed by atoms with Crippen molar-refractivity contribution in [2.45, 2.75) is 19.0 Å². The molecule has 0 spiro atoms. The van der Waals surface area contributed by atoms with Gasteiger partial charge in [-0.3, -0.25) is 14.6 Å². The van der Waals surface area contributed by atoms with Crippen LogP contribution < -0.4 is 9.64 Å². The Hall–Kier alpha value is -3.68. The third kappa shape index (κ3) is 2.74. The maximum absolute atomic E-state index is 13.6. The molecule has 8 heteroatoms. The lowest BCUT2D eigenvalue weighted by atomic mass is 9.85. The van der Waals surface area contributed by atoms with Crippen molar-refractivity contribution in [2.75, 3.05) is 18.6 Å². The Morgan fingerprint density at radius 3 is 2.45 bits per heavy atom. The highest BCUT2D eigenvalue weighted by molar-refractivity contribution is 6.23. The molecular weight excluding hydrogens is 398 g/mol. The second-order valence-corrected chi connectivity index (χ2v) is 7.66.